The maximum atomic E-state index is 5.94. The molecule has 0 bridgehead atoms. The third kappa shape index (κ3) is 2.99. The van der Waals surface area contributed by atoms with Crippen molar-refractivity contribution in [1.82, 2.24) is 0 Å². The lowest BCUT2D eigenvalue weighted by Crippen LogP contribution is -2.20. The van der Waals surface area contributed by atoms with Crippen molar-refractivity contribution in [3.05, 3.63) is 52.0 Å². The van der Waals surface area contributed by atoms with Crippen LogP contribution in [0.1, 0.15) is 17.2 Å². The van der Waals surface area contributed by atoms with Gasteiger partial charge in [0.2, 0.25) is 6.79 Å². The average Bonchev–Trinajstić information content (AvgIpc) is 2.95. The summed E-state index contributed by atoms with van der Waals surface area (Å²) in [5.74, 6) is 1.56. The molecule has 1 unspecified atom stereocenters. The third-order valence-corrected chi connectivity index (χ3v) is 4.18. The quantitative estimate of drug-likeness (QED) is 0.886. The SMILES string of the molecule is Cc1ccc(Br)c(NC(CN)c2ccc3c(c2)OCO3)c1. The van der Waals surface area contributed by atoms with E-state index in [2.05, 4.69) is 40.3 Å². The number of benzene rings is 2. The van der Waals surface area contributed by atoms with Crippen molar-refractivity contribution in [2.75, 3.05) is 18.7 Å². The first-order valence-corrected chi connectivity index (χ1v) is 7.59. The fourth-order valence-electron chi connectivity index (χ4n) is 2.35. The molecule has 1 aliphatic heterocycles. The van der Waals surface area contributed by atoms with Crippen LogP contribution in [0.15, 0.2) is 40.9 Å². The molecule has 0 saturated heterocycles. The van der Waals surface area contributed by atoms with Gasteiger partial charge in [0.25, 0.3) is 0 Å². The molecule has 2 aromatic carbocycles. The summed E-state index contributed by atoms with van der Waals surface area (Å²) in [7, 11) is 0. The molecule has 0 spiro atoms. The van der Waals surface area contributed by atoms with E-state index in [0.717, 1.165) is 27.2 Å². The number of halogens is 1. The van der Waals surface area contributed by atoms with E-state index in [1.54, 1.807) is 0 Å². The van der Waals surface area contributed by atoms with Gasteiger partial charge in [-0.3, -0.25) is 0 Å². The average molecular weight is 349 g/mol. The van der Waals surface area contributed by atoms with Crippen LogP contribution in [-0.2, 0) is 0 Å². The van der Waals surface area contributed by atoms with Gasteiger partial charge in [0, 0.05) is 16.7 Å². The van der Waals surface area contributed by atoms with Gasteiger partial charge >= 0.3 is 0 Å². The maximum Gasteiger partial charge on any atom is 0.231 e. The van der Waals surface area contributed by atoms with Crippen LogP contribution in [0.25, 0.3) is 0 Å². The zero-order valence-electron chi connectivity index (χ0n) is 11.7. The number of rotatable bonds is 4. The molecule has 0 aliphatic carbocycles. The van der Waals surface area contributed by atoms with Crippen molar-refractivity contribution in [3.8, 4) is 11.5 Å². The molecule has 1 atom stereocenters. The Morgan fingerprint density at radius 2 is 2.00 bits per heavy atom. The summed E-state index contributed by atoms with van der Waals surface area (Å²) in [6, 6.07) is 12.1. The summed E-state index contributed by atoms with van der Waals surface area (Å²) in [5, 5.41) is 3.48. The lowest BCUT2D eigenvalue weighted by Gasteiger charge is -2.20. The van der Waals surface area contributed by atoms with Crippen LogP contribution in [0.4, 0.5) is 5.69 Å². The molecule has 3 N–H and O–H groups in total. The molecule has 0 radical (unpaired) electrons. The highest BCUT2D eigenvalue weighted by Crippen LogP contribution is 2.35. The highest BCUT2D eigenvalue weighted by Gasteiger charge is 2.17. The molecule has 0 fully saturated rings. The second-order valence-electron chi connectivity index (χ2n) is 5.03. The van der Waals surface area contributed by atoms with Gasteiger partial charge in [-0.15, -0.1) is 0 Å². The van der Waals surface area contributed by atoms with Gasteiger partial charge in [-0.25, -0.2) is 0 Å². The topological polar surface area (TPSA) is 56.5 Å². The molecule has 5 heteroatoms. The van der Waals surface area contributed by atoms with E-state index in [1.807, 2.05) is 24.3 Å². The Kier molecular flexibility index (Phi) is 4.03. The predicted octanol–water partition coefficient (Wildman–Crippen LogP) is 3.60. The van der Waals surface area contributed by atoms with Crippen LogP contribution in [0, 0.1) is 6.92 Å². The first-order valence-electron chi connectivity index (χ1n) is 6.79. The van der Waals surface area contributed by atoms with Crippen molar-refractivity contribution >= 4 is 21.6 Å². The third-order valence-electron chi connectivity index (χ3n) is 3.49. The number of nitrogens with one attached hydrogen (secondary N) is 1. The normalized spacial score (nSPS) is 14.0. The Labute approximate surface area is 132 Å². The number of fused-ring (bicyclic) bond motifs is 1. The molecule has 1 aliphatic rings. The number of hydrogen-bond acceptors (Lipinski definition) is 4. The van der Waals surface area contributed by atoms with Gasteiger partial charge < -0.3 is 20.5 Å². The maximum absolute atomic E-state index is 5.94. The smallest absolute Gasteiger partial charge is 0.231 e. The minimum Gasteiger partial charge on any atom is -0.454 e. The molecule has 0 amide bonds. The predicted molar refractivity (Wildman–Crippen MR) is 86.9 cm³/mol. The van der Waals surface area contributed by atoms with Crippen LogP contribution in [0.3, 0.4) is 0 Å². The fourth-order valence-corrected chi connectivity index (χ4v) is 2.71. The summed E-state index contributed by atoms with van der Waals surface area (Å²) in [6.07, 6.45) is 0. The first-order chi connectivity index (χ1) is 10.2. The highest BCUT2D eigenvalue weighted by molar-refractivity contribution is 9.10. The van der Waals surface area contributed by atoms with Gasteiger partial charge in [-0.1, -0.05) is 12.1 Å². The number of nitrogens with two attached hydrogens (primary N) is 1. The van der Waals surface area contributed by atoms with Crippen LogP contribution in [0.2, 0.25) is 0 Å². The van der Waals surface area contributed by atoms with E-state index >= 15 is 0 Å². The van der Waals surface area contributed by atoms with Gasteiger partial charge in [-0.05, 0) is 58.2 Å². The Morgan fingerprint density at radius 3 is 2.81 bits per heavy atom. The molecule has 4 nitrogen and oxygen atoms in total. The minimum absolute atomic E-state index is 0.0117. The summed E-state index contributed by atoms with van der Waals surface area (Å²) in [6.45, 7) is 2.83. The Bertz CT molecular complexity index is 661. The number of aryl methyl sites for hydroxylation is 1. The van der Waals surface area contributed by atoms with E-state index in [-0.39, 0.29) is 12.8 Å². The van der Waals surface area contributed by atoms with Crippen LogP contribution >= 0.6 is 15.9 Å². The largest absolute Gasteiger partial charge is 0.454 e. The summed E-state index contributed by atoms with van der Waals surface area (Å²) in [5.41, 5.74) is 9.24. The van der Waals surface area contributed by atoms with Crippen molar-refractivity contribution < 1.29 is 9.47 Å². The van der Waals surface area contributed by atoms with E-state index in [9.17, 15) is 0 Å². The van der Waals surface area contributed by atoms with Crippen LogP contribution < -0.4 is 20.5 Å². The van der Waals surface area contributed by atoms with E-state index < -0.39 is 0 Å². The number of hydrogen-bond donors (Lipinski definition) is 2. The molecular weight excluding hydrogens is 332 g/mol. The van der Waals surface area contributed by atoms with Crippen LogP contribution in [-0.4, -0.2) is 13.3 Å². The monoisotopic (exact) mass is 348 g/mol. The minimum atomic E-state index is 0.0117. The number of anilines is 1. The lowest BCUT2D eigenvalue weighted by atomic mass is 10.1. The lowest BCUT2D eigenvalue weighted by molar-refractivity contribution is 0.174. The van der Waals surface area contributed by atoms with Gasteiger partial charge in [-0.2, -0.15) is 0 Å². The van der Waals surface area contributed by atoms with Crippen molar-refractivity contribution in [1.29, 1.82) is 0 Å². The summed E-state index contributed by atoms with van der Waals surface area (Å²) >= 11 is 3.56. The molecule has 1 heterocycles. The van der Waals surface area contributed by atoms with E-state index in [1.165, 1.54) is 5.56 Å². The standard InChI is InChI=1S/C16H17BrN2O2/c1-10-2-4-12(17)13(6-10)19-14(8-18)11-3-5-15-16(7-11)21-9-20-15/h2-7,14,19H,8-9,18H2,1H3. The molecule has 110 valence electrons. The zero-order valence-corrected chi connectivity index (χ0v) is 13.3. The molecular formula is C16H17BrN2O2. The Balaban J connectivity index is 1.86. The first kappa shape index (κ1) is 14.2. The van der Waals surface area contributed by atoms with Crippen LogP contribution in [0.5, 0.6) is 11.5 Å². The fraction of sp³-hybridized carbons (Fsp3) is 0.250. The van der Waals surface area contributed by atoms with Crippen molar-refractivity contribution in [3.63, 3.8) is 0 Å². The molecule has 3 rings (SSSR count). The second kappa shape index (κ2) is 5.95. The van der Waals surface area contributed by atoms with Gasteiger partial charge in [0.1, 0.15) is 0 Å². The van der Waals surface area contributed by atoms with Crippen molar-refractivity contribution in [2.24, 2.45) is 5.73 Å². The molecule has 21 heavy (non-hydrogen) atoms. The Hall–Kier alpha value is -1.72. The Morgan fingerprint density at radius 1 is 1.19 bits per heavy atom. The van der Waals surface area contributed by atoms with E-state index in [0.29, 0.717) is 6.54 Å². The van der Waals surface area contributed by atoms with Gasteiger partial charge in [0.15, 0.2) is 11.5 Å². The summed E-state index contributed by atoms with van der Waals surface area (Å²) < 4.78 is 11.8. The van der Waals surface area contributed by atoms with Gasteiger partial charge in [0.05, 0.1) is 6.04 Å². The molecule has 2 aromatic rings. The zero-order chi connectivity index (χ0) is 14.8. The second-order valence-corrected chi connectivity index (χ2v) is 5.88. The number of ether oxygens (including phenoxy) is 2. The molecule has 0 aromatic heterocycles. The molecule has 0 saturated carbocycles. The summed E-state index contributed by atoms with van der Waals surface area (Å²) in [4.78, 5) is 0. The van der Waals surface area contributed by atoms with E-state index in [4.69, 9.17) is 15.2 Å². The van der Waals surface area contributed by atoms with Crippen molar-refractivity contribution in [2.45, 2.75) is 13.0 Å². The highest BCUT2D eigenvalue weighted by atomic mass is 79.9.